The summed E-state index contributed by atoms with van der Waals surface area (Å²) in [5.74, 6) is 0.484. The maximum Gasteiger partial charge on any atom is 0.163 e. The number of ether oxygens (including phenoxy) is 3. The van der Waals surface area contributed by atoms with Crippen molar-refractivity contribution in [3.8, 4) is 5.75 Å². The number of fused-ring (bicyclic) bond motifs is 3. The van der Waals surface area contributed by atoms with Crippen LogP contribution in [0.25, 0.3) is 10.9 Å². The van der Waals surface area contributed by atoms with E-state index < -0.39 is 5.79 Å². The van der Waals surface area contributed by atoms with Gasteiger partial charge in [0.05, 0.1) is 23.8 Å². The van der Waals surface area contributed by atoms with Gasteiger partial charge in [-0.1, -0.05) is 6.07 Å². The molecule has 0 unspecified atom stereocenters. The molecule has 0 radical (unpaired) electrons. The van der Waals surface area contributed by atoms with Crippen LogP contribution in [-0.4, -0.2) is 29.1 Å². The van der Waals surface area contributed by atoms with Gasteiger partial charge in [-0.05, 0) is 57.7 Å². The van der Waals surface area contributed by atoms with Crippen molar-refractivity contribution < 1.29 is 14.2 Å². The van der Waals surface area contributed by atoms with Gasteiger partial charge in [-0.15, -0.1) is 0 Å². The van der Waals surface area contributed by atoms with E-state index in [4.69, 9.17) is 14.2 Å². The minimum atomic E-state index is -0.432. The zero-order valence-electron chi connectivity index (χ0n) is 14.2. The molecule has 1 spiro atoms. The van der Waals surface area contributed by atoms with Gasteiger partial charge >= 0.3 is 0 Å². The quantitative estimate of drug-likeness (QED) is 0.834. The summed E-state index contributed by atoms with van der Waals surface area (Å²) in [6.45, 7) is 4.04. The van der Waals surface area contributed by atoms with E-state index in [0.29, 0.717) is 0 Å². The zero-order valence-corrected chi connectivity index (χ0v) is 14.2. The smallest absolute Gasteiger partial charge is 0.163 e. The average Bonchev–Trinajstić information content (AvgIpc) is 3.01. The summed E-state index contributed by atoms with van der Waals surface area (Å²) >= 11 is 0. The molecule has 126 valence electrons. The number of aromatic nitrogens is 1. The van der Waals surface area contributed by atoms with Crippen LogP contribution < -0.4 is 4.74 Å². The molecule has 24 heavy (non-hydrogen) atoms. The van der Waals surface area contributed by atoms with Gasteiger partial charge < -0.3 is 14.2 Å². The van der Waals surface area contributed by atoms with Gasteiger partial charge in [0.2, 0.25) is 0 Å². The molecule has 1 aromatic carbocycles. The third-order valence-electron chi connectivity index (χ3n) is 5.86. The van der Waals surface area contributed by atoms with E-state index in [9.17, 15) is 0 Å². The maximum atomic E-state index is 6.21. The number of rotatable bonds is 2. The molecule has 1 aliphatic heterocycles. The lowest BCUT2D eigenvalue weighted by atomic mass is 9.64. The molecule has 3 aliphatic rings. The lowest BCUT2D eigenvalue weighted by molar-refractivity contribution is -0.182. The number of hydrogen-bond acceptors (Lipinski definition) is 4. The Labute approximate surface area is 142 Å². The maximum absolute atomic E-state index is 6.21. The summed E-state index contributed by atoms with van der Waals surface area (Å²) in [4.78, 5) is 4.41. The molecule has 2 heterocycles. The Morgan fingerprint density at radius 3 is 2.92 bits per heavy atom. The summed E-state index contributed by atoms with van der Waals surface area (Å²) in [5, 5.41) is 1.15. The summed E-state index contributed by atoms with van der Waals surface area (Å²) in [7, 11) is 0. The first kappa shape index (κ1) is 14.7. The first-order chi connectivity index (χ1) is 11.5. The fraction of sp³-hybridized carbons (Fsp3) is 0.550. The predicted octanol–water partition coefficient (Wildman–Crippen LogP) is 4.08. The first-order valence-electron chi connectivity index (χ1n) is 8.90. The standard InChI is InChI=1S/C20H23NO3/c1-19(2)23-17-7-8-20(18(17)24-19)11-15(12-20)22-14-6-5-13-4-3-9-21-16(13)10-14/h3-6,9-10,15,17-18H,7-8,11-12H2,1-2H3/t15-,17-,18-,20+/m0/s1. The fourth-order valence-electron chi connectivity index (χ4n) is 4.82. The van der Waals surface area contributed by atoms with Crippen molar-refractivity contribution >= 4 is 10.9 Å². The second kappa shape index (κ2) is 4.93. The highest BCUT2D eigenvalue weighted by Crippen LogP contribution is 2.59. The van der Waals surface area contributed by atoms with Crippen molar-refractivity contribution in [3.63, 3.8) is 0 Å². The van der Waals surface area contributed by atoms with E-state index in [1.807, 2.05) is 38.2 Å². The third kappa shape index (κ3) is 2.24. The van der Waals surface area contributed by atoms with Crippen molar-refractivity contribution in [2.24, 2.45) is 5.41 Å². The second-order valence-corrected chi connectivity index (χ2v) is 8.00. The molecule has 0 bridgehead atoms. The number of benzene rings is 1. The van der Waals surface area contributed by atoms with Crippen LogP contribution in [-0.2, 0) is 9.47 Å². The predicted molar refractivity (Wildman–Crippen MR) is 90.9 cm³/mol. The summed E-state index contributed by atoms with van der Waals surface area (Å²) in [6.07, 6.45) is 7.04. The highest BCUT2D eigenvalue weighted by molar-refractivity contribution is 5.79. The van der Waals surface area contributed by atoms with Gasteiger partial charge in [0.25, 0.3) is 0 Å². The molecule has 3 fully saturated rings. The molecule has 2 saturated carbocycles. The Morgan fingerprint density at radius 2 is 2.04 bits per heavy atom. The summed E-state index contributed by atoms with van der Waals surface area (Å²) in [5.41, 5.74) is 1.25. The van der Waals surface area contributed by atoms with E-state index in [-0.39, 0.29) is 23.7 Å². The van der Waals surface area contributed by atoms with Crippen molar-refractivity contribution in [1.29, 1.82) is 0 Å². The highest BCUT2D eigenvalue weighted by Gasteiger charge is 2.62. The van der Waals surface area contributed by atoms with Crippen molar-refractivity contribution in [2.45, 2.75) is 63.6 Å². The topological polar surface area (TPSA) is 40.6 Å². The molecule has 2 atom stereocenters. The van der Waals surface area contributed by atoms with E-state index in [0.717, 1.165) is 35.9 Å². The number of nitrogens with zero attached hydrogens (tertiary/aromatic N) is 1. The molecule has 1 saturated heterocycles. The zero-order chi connectivity index (χ0) is 16.4. The summed E-state index contributed by atoms with van der Waals surface area (Å²) in [6, 6.07) is 10.2. The van der Waals surface area contributed by atoms with Gasteiger partial charge in [-0.3, -0.25) is 4.98 Å². The minimum Gasteiger partial charge on any atom is -0.490 e. The lowest BCUT2D eigenvalue weighted by Crippen LogP contribution is -2.50. The van der Waals surface area contributed by atoms with E-state index in [2.05, 4.69) is 17.1 Å². The van der Waals surface area contributed by atoms with Gasteiger partial charge in [0, 0.05) is 23.1 Å². The molecule has 1 aromatic heterocycles. The Kier molecular flexibility index (Phi) is 3.01. The Hall–Kier alpha value is -1.65. The Morgan fingerprint density at radius 1 is 1.17 bits per heavy atom. The van der Waals surface area contributed by atoms with Crippen LogP contribution in [0.4, 0.5) is 0 Å². The van der Waals surface area contributed by atoms with Crippen LogP contribution in [0.2, 0.25) is 0 Å². The van der Waals surface area contributed by atoms with Crippen molar-refractivity contribution in [2.75, 3.05) is 0 Å². The minimum absolute atomic E-state index is 0.241. The van der Waals surface area contributed by atoms with Gasteiger partial charge in [0.15, 0.2) is 5.79 Å². The fourth-order valence-corrected chi connectivity index (χ4v) is 4.82. The molecular formula is C20H23NO3. The van der Waals surface area contributed by atoms with Crippen molar-refractivity contribution in [1.82, 2.24) is 4.98 Å². The molecule has 4 nitrogen and oxygen atoms in total. The van der Waals surface area contributed by atoms with E-state index in [1.54, 1.807) is 0 Å². The third-order valence-corrected chi connectivity index (χ3v) is 5.86. The Bertz CT molecular complexity index is 781. The molecule has 0 N–H and O–H groups in total. The van der Waals surface area contributed by atoms with Crippen LogP contribution in [0.15, 0.2) is 36.5 Å². The van der Waals surface area contributed by atoms with Crippen LogP contribution >= 0.6 is 0 Å². The van der Waals surface area contributed by atoms with Crippen LogP contribution in [0.1, 0.15) is 39.5 Å². The first-order valence-corrected chi connectivity index (χ1v) is 8.90. The molecule has 2 aromatic rings. The van der Waals surface area contributed by atoms with Crippen LogP contribution in [0, 0.1) is 5.41 Å². The van der Waals surface area contributed by atoms with E-state index in [1.165, 1.54) is 6.42 Å². The Balaban J connectivity index is 1.28. The SMILES string of the molecule is CC1(C)O[C@H]2CC[C@]3(C[C@H](Oc4ccc5cccnc5c4)C3)[C@H]2O1. The van der Waals surface area contributed by atoms with Crippen LogP contribution in [0.5, 0.6) is 5.75 Å². The second-order valence-electron chi connectivity index (χ2n) is 8.00. The normalized spacial score (nSPS) is 36.7. The van der Waals surface area contributed by atoms with Crippen LogP contribution in [0.3, 0.4) is 0 Å². The number of hydrogen-bond donors (Lipinski definition) is 0. The van der Waals surface area contributed by atoms with E-state index >= 15 is 0 Å². The summed E-state index contributed by atoms with van der Waals surface area (Å²) < 4.78 is 18.4. The monoisotopic (exact) mass is 325 g/mol. The number of pyridine rings is 1. The largest absolute Gasteiger partial charge is 0.490 e. The molecular weight excluding hydrogens is 302 g/mol. The average molecular weight is 325 g/mol. The van der Waals surface area contributed by atoms with Gasteiger partial charge in [-0.25, -0.2) is 0 Å². The molecule has 4 heteroatoms. The lowest BCUT2D eigenvalue weighted by Gasteiger charge is -2.48. The van der Waals surface area contributed by atoms with Crippen molar-refractivity contribution in [3.05, 3.63) is 36.5 Å². The highest BCUT2D eigenvalue weighted by atomic mass is 16.8. The molecule has 0 amide bonds. The van der Waals surface area contributed by atoms with Gasteiger partial charge in [-0.2, -0.15) is 0 Å². The molecule has 2 aliphatic carbocycles. The molecule has 5 rings (SSSR count). The van der Waals surface area contributed by atoms with Gasteiger partial charge in [0.1, 0.15) is 5.75 Å².